The maximum atomic E-state index is 6.13. The Morgan fingerprint density at radius 2 is 1.63 bits per heavy atom. The molecule has 0 radical (unpaired) electrons. The van der Waals surface area contributed by atoms with Gasteiger partial charge >= 0.3 is 0 Å². The molecule has 0 amide bonds. The molecule has 148 valence electrons. The lowest BCUT2D eigenvalue weighted by Crippen LogP contribution is -2.25. The number of alkyl halides is 6. The molecule has 0 aromatic heterocycles. The Hall–Kier alpha value is 0.585. The molecule has 27 heavy (non-hydrogen) atoms. The summed E-state index contributed by atoms with van der Waals surface area (Å²) in [5.41, 5.74) is 3.59. The third-order valence-corrected chi connectivity index (χ3v) is 5.26. The number of halogens is 7. The fourth-order valence-electron chi connectivity index (χ4n) is 2.34. The summed E-state index contributed by atoms with van der Waals surface area (Å²) < 4.78 is -2.77. The molecule has 1 rings (SSSR count). The van der Waals surface area contributed by atoms with Crippen molar-refractivity contribution in [3.63, 3.8) is 0 Å². The van der Waals surface area contributed by atoms with Crippen molar-refractivity contribution >= 4 is 110 Å². The normalized spacial score (nSPS) is 13.6. The highest BCUT2D eigenvalue weighted by Gasteiger charge is 2.33. The lowest BCUT2D eigenvalue weighted by Gasteiger charge is -2.19. The first-order chi connectivity index (χ1) is 12.3. The van der Waals surface area contributed by atoms with E-state index < -0.39 is 7.59 Å². The Kier molecular flexibility index (Phi) is 10.0. The first-order valence-corrected chi connectivity index (χ1v) is 11.1. The smallest absolute Gasteiger partial charge is 0.233 e. The zero-order chi connectivity index (χ0) is 21.0. The predicted molar refractivity (Wildman–Crippen MR) is 130 cm³/mol. The molecule has 0 spiro atoms. The van der Waals surface area contributed by atoms with Crippen molar-refractivity contribution in [3.8, 4) is 0 Å². The van der Waals surface area contributed by atoms with Gasteiger partial charge in [0, 0.05) is 10.0 Å². The molecule has 2 nitrogen and oxygen atoms in total. The lowest BCUT2D eigenvalue weighted by molar-refractivity contribution is 1.10. The van der Waals surface area contributed by atoms with Gasteiger partial charge in [-0.25, -0.2) is 9.98 Å². The van der Waals surface area contributed by atoms with Gasteiger partial charge in [-0.15, -0.1) is 0 Å². The SMILES string of the molecule is CBc1cccc(Br)c1/C(CC)=N/C(=N\C(=C(C)C)C(Cl)(Cl)Cl)C(Cl)(Cl)Cl. The van der Waals surface area contributed by atoms with Gasteiger partial charge in [0.2, 0.25) is 7.59 Å². The summed E-state index contributed by atoms with van der Waals surface area (Å²) in [4.78, 5) is 8.89. The summed E-state index contributed by atoms with van der Waals surface area (Å²) in [5, 5.41) is 0. The van der Waals surface area contributed by atoms with Crippen LogP contribution in [0.4, 0.5) is 0 Å². The minimum atomic E-state index is -1.90. The minimum absolute atomic E-state index is 0.0651. The van der Waals surface area contributed by atoms with Gasteiger partial charge in [-0.1, -0.05) is 122 Å². The topological polar surface area (TPSA) is 24.7 Å². The van der Waals surface area contributed by atoms with Gasteiger partial charge < -0.3 is 0 Å². The van der Waals surface area contributed by atoms with Gasteiger partial charge in [0.05, 0.1) is 11.4 Å². The van der Waals surface area contributed by atoms with Crippen molar-refractivity contribution in [2.75, 3.05) is 0 Å². The van der Waals surface area contributed by atoms with Gasteiger partial charge in [0.15, 0.2) is 13.1 Å². The Morgan fingerprint density at radius 3 is 2.04 bits per heavy atom. The van der Waals surface area contributed by atoms with Crippen LogP contribution in [0.5, 0.6) is 0 Å². The number of amidine groups is 1. The molecule has 0 atom stereocenters. The van der Waals surface area contributed by atoms with E-state index in [0.29, 0.717) is 17.7 Å². The molecule has 0 aliphatic heterocycles. The number of aliphatic imine (C=N–C) groups is 2. The van der Waals surface area contributed by atoms with Crippen LogP contribution in [0.2, 0.25) is 6.82 Å². The zero-order valence-corrected chi connectivity index (χ0v) is 21.3. The molecule has 10 heteroatoms. The number of nitrogens with zero attached hydrogens (tertiary/aromatic N) is 2. The Labute approximate surface area is 199 Å². The van der Waals surface area contributed by atoms with E-state index in [0.717, 1.165) is 22.8 Å². The highest BCUT2D eigenvalue weighted by Crippen LogP contribution is 2.39. The quantitative estimate of drug-likeness (QED) is 0.163. The second kappa shape index (κ2) is 10.6. The molecule has 0 fully saturated rings. The average Bonchev–Trinajstić information content (AvgIpc) is 2.52. The van der Waals surface area contributed by atoms with Gasteiger partial charge in [0.25, 0.3) is 0 Å². The molecule has 0 bridgehead atoms. The zero-order valence-electron chi connectivity index (χ0n) is 15.2. The largest absolute Gasteiger partial charge is 0.250 e. The first kappa shape index (κ1) is 25.6. The number of hydrogen-bond acceptors (Lipinski definition) is 1. The number of hydrogen-bond donors (Lipinski definition) is 0. The Balaban J connectivity index is 3.72. The minimum Gasteiger partial charge on any atom is -0.233 e. The van der Waals surface area contributed by atoms with E-state index in [1.807, 2.05) is 25.1 Å². The maximum absolute atomic E-state index is 6.13. The molecule has 0 saturated carbocycles. The van der Waals surface area contributed by atoms with Crippen molar-refractivity contribution in [1.82, 2.24) is 0 Å². The molecule has 0 aliphatic carbocycles. The highest BCUT2D eigenvalue weighted by molar-refractivity contribution is 9.10. The summed E-state index contributed by atoms with van der Waals surface area (Å²) in [6.07, 6.45) is 0.591. The fourth-order valence-corrected chi connectivity index (χ4v) is 3.93. The van der Waals surface area contributed by atoms with Crippen LogP contribution in [-0.2, 0) is 0 Å². The van der Waals surface area contributed by atoms with Crippen LogP contribution < -0.4 is 5.46 Å². The maximum Gasteiger partial charge on any atom is 0.250 e. The standard InChI is InChI=1S/C17H18BBrCl6N2/c1-5-12(13-10(18-4)7-6-8-11(13)19)26-15(17(23,24)25)27-14(9(2)3)16(20,21)22/h6-8,18H,5H2,1-4H3/b26-12+,27-15-. The van der Waals surface area contributed by atoms with E-state index in [-0.39, 0.29) is 11.5 Å². The van der Waals surface area contributed by atoms with Gasteiger partial charge in [0.1, 0.15) is 0 Å². The third-order valence-electron chi connectivity index (χ3n) is 3.56. The van der Waals surface area contributed by atoms with Crippen LogP contribution in [-0.4, -0.2) is 26.4 Å². The third kappa shape index (κ3) is 7.40. The van der Waals surface area contributed by atoms with E-state index in [1.165, 1.54) is 0 Å². The molecule has 0 heterocycles. The summed E-state index contributed by atoms with van der Waals surface area (Å²) >= 11 is 40.1. The molecule has 0 unspecified atom stereocenters. The van der Waals surface area contributed by atoms with E-state index in [2.05, 4.69) is 32.7 Å². The van der Waals surface area contributed by atoms with Crippen molar-refractivity contribution in [1.29, 1.82) is 0 Å². The van der Waals surface area contributed by atoms with Gasteiger partial charge in [-0.3, -0.25) is 0 Å². The molecule has 0 aliphatic rings. The Bertz CT molecular complexity index is 775. The molecule has 1 aromatic carbocycles. The monoisotopic (exact) mass is 550 g/mol. The first-order valence-electron chi connectivity index (χ1n) is 8.08. The molecule has 0 N–H and O–H groups in total. The molecule has 1 aromatic rings. The molecule has 0 saturated heterocycles. The van der Waals surface area contributed by atoms with Crippen LogP contribution in [0, 0.1) is 0 Å². The summed E-state index contributed by atoms with van der Waals surface area (Å²) in [6.45, 7) is 7.53. The number of benzene rings is 1. The molecular weight excluding hydrogens is 536 g/mol. The van der Waals surface area contributed by atoms with Crippen LogP contribution >= 0.6 is 85.5 Å². The van der Waals surface area contributed by atoms with E-state index in [9.17, 15) is 0 Å². The van der Waals surface area contributed by atoms with E-state index in [1.54, 1.807) is 13.8 Å². The van der Waals surface area contributed by atoms with Gasteiger partial charge in [-0.05, 0) is 26.3 Å². The lowest BCUT2D eigenvalue weighted by atomic mass is 9.70. The number of allylic oxidation sites excluding steroid dienone is 2. The predicted octanol–water partition coefficient (Wildman–Crippen LogP) is 7.19. The van der Waals surface area contributed by atoms with E-state index >= 15 is 0 Å². The average molecular weight is 554 g/mol. The summed E-state index contributed by atoms with van der Waals surface area (Å²) in [5.74, 6) is -0.0651. The molecular formula is C17H18BBrCl6N2. The van der Waals surface area contributed by atoms with Crippen molar-refractivity contribution < 1.29 is 0 Å². The van der Waals surface area contributed by atoms with Crippen LogP contribution in [0.25, 0.3) is 0 Å². The highest BCUT2D eigenvalue weighted by atomic mass is 79.9. The van der Waals surface area contributed by atoms with Crippen LogP contribution in [0.15, 0.2) is 43.9 Å². The van der Waals surface area contributed by atoms with Gasteiger partial charge in [-0.2, -0.15) is 0 Å². The van der Waals surface area contributed by atoms with Crippen LogP contribution in [0.1, 0.15) is 32.8 Å². The fraction of sp³-hybridized carbons (Fsp3) is 0.412. The van der Waals surface area contributed by atoms with Crippen LogP contribution in [0.3, 0.4) is 0 Å². The summed E-state index contributed by atoms with van der Waals surface area (Å²) in [7, 11) is 0.821. The van der Waals surface area contributed by atoms with Crippen molar-refractivity contribution in [2.24, 2.45) is 9.98 Å². The Morgan fingerprint density at radius 1 is 1.04 bits per heavy atom. The number of rotatable bonds is 4. The van der Waals surface area contributed by atoms with Crippen molar-refractivity contribution in [2.45, 2.75) is 41.6 Å². The second-order valence-corrected chi connectivity index (χ2v) is 11.2. The van der Waals surface area contributed by atoms with E-state index in [4.69, 9.17) is 69.6 Å². The summed E-state index contributed by atoms with van der Waals surface area (Å²) in [6, 6.07) is 5.93. The second-order valence-electron chi connectivity index (χ2n) is 5.82. The van der Waals surface area contributed by atoms with Crippen molar-refractivity contribution in [3.05, 3.63) is 39.5 Å².